The molecule has 1 saturated heterocycles. The number of hydrogen-bond acceptors (Lipinski definition) is 9. The van der Waals surface area contributed by atoms with E-state index in [1.807, 2.05) is 12.1 Å². The summed E-state index contributed by atoms with van der Waals surface area (Å²) in [6.07, 6.45) is 5.36. The third kappa shape index (κ3) is 8.04. The molecule has 4 rings (SSSR count). The first-order chi connectivity index (χ1) is 19.4. The molecule has 0 amide bonds. The van der Waals surface area contributed by atoms with Gasteiger partial charge in [0.25, 0.3) is 0 Å². The Kier molecular flexibility index (Phi) is 10.5. The molecule has 3 aromatic rings. The van der Waals surface area contributed by atoms with Crippen LogP contribution in [-0.4, -0.2) is 82.2 Å². The number of carbonyl (C=O) groups excluding carboxylic acids is 1. The highest BCUT2D eigenvalue weighted by atomic mass is 16.5. The Labute approximate surface area is 235 Å². The molecule has 0 spiro atoms. The van der Waals surface area contributed by atoms with E-state index >= 15 is 0 Å². The number of nitrogens with one attached hydrogen (secondary N) is 1. The topological polar surface area (TPSA) is 132 Å². The van der Waals surface area contributed by atoms with Crippen molar-refractivity contribution in [2.75, 3.05) is 52.7 Å². The van der Waals surface area contributed by atoms with Crippen molar-refractivity contribution in [3.63, 3.8) is 0 Å². The van der Waals surface area contributed by atoms with Crippen molar-refractivity contribution in [3.8, 4) is 6.01 Å². The average molecular weight is 554 g/mol. The normalized spacial score (nSPS) is 14.7. The van der Waals surface area contributed by atoms with Crippen molar-refractivity contribution >= 4 is 23.0 Å². The number of piperidine rings is 1. The molecule has 0 aliphatic carbocycles. The van der Waals surface area contributed by atoms with Crippen molar-refractivity contribution in [3.05, 3.63) is 45.9 Å². The van der Waals surface area contributed by atoms with Crippen LogP contribution in [0.5, 0.6) is 6.01 Å². The maximum Gasteiger partial charge on any atom is 0.327 e. The molecule has 40 heavy (non-hydrogen) atoms. The number of H-pyrrole nitrogens is 1. The van der Waals surface area contributed by atoms with Crippen LogP contribution in [0.15, 0.2) is 29.1 Å². The van der Waals surface area contributed by atoms with Crippen LogP contribution >= 0.6 is 0 Å². The Morgan fingerprint density at radius 1 is 1.20 bits per heavy atom. The predicted molar refractivity (Wildman–Crippen MR) is 155 cm³/mol. The summed E-state index contributed by atoms with van der Waals surface area (Å²) in [6, 6.07) is 8.36. The lowest BCUT2D eigenvalue weighted by molar-refractivity contribution is -0.139. The number of nitrogens with two attached hydrogens (primary N) is 1. The van der Waals surface area contributed by atoms with E-state index in [0.717, 1.165) is 70.4 Å². The maximum absolute atomic E-state index is 12.7. The number of nitrogen functional groups attached to an aromatic ring is 1. The van der Waals surface area contributed by atoms with Gasteiger partial charge in [-0.2, -0.15) is 9.97 Å². The van der Waals surface area contributed by atoms with E-state index in [1.165, 1.54) is 12.7 Å². The minimum atomic E-state index is -0.219. The highest BCUT2D eigenvalue weighted by Gasteiger charge is 2.22. The Bertz CT molecular complexity index is 1310. The first kappa shape index (κ1) is 29.5. The monoisotopic (exact) mass is 553 g/mol. The second kappa shape index (κ2) is 14.3. The Hall–Kier alpha value is -3.44. The second-order valence-corrected chi connectivity index (χ2v) is 10.8. The van der Waals surface area contributed by atoms with Gasteiger partial charge in [-0.05, 0) is 76.0 Å². The number of aromatic amines is 1. The number of esters is 1. The summed E-state index contributed by atoms with van der Waals surface area (Å²) in [6.45, 7) is 8.14. The molecule has 3 heterocycles. The van der Waals surface area contributed by atoms with E-state index in [-0.39, 0.29) is 23.5 Å². The second-order valence-electron chi connectivity index (χ2n) is 10.8. The number of nitrogens with zero attached hydrogens (tertiary/aromatic N) is 5. The van der Waals surface area contributed by atoms with E-state index in [4.69, 9.17) is 15.2 Å². The smallest absolute Gasteiger partial charge is 0.327 e. The summed E-state index contributed by atoms with van der Waals surface area (Å²) in [7, 11) is 3.55. The van der Waals surface area contributed by atoms with E-state index in [0.29, 0.717) is 36.7 Å². The van der Waals surface area contributed by atoms with Gasteiger partial charge in [-0.15, -0.1) is 0 Å². The molecule has 11 nitrogen and oxygen atoms in total. The van der Waals surface area contributed by atoms with Crippen LogP contribution in [0.3, 0.4) is 0 Å². The molecule has 1 fully saturated rings. The number of carbonyl (C=O) groups is 1. The number of hydrogen-bond donors (Lipinski definition) is 2. The molecule has 1 aliphatic rings. The largest absolute Gasteiger partial charge is 0.469 e. The predicted octanol–water partition coefficient (Wildman–Crippen LogP) is 2.83. The summed E-state index contributed by atoms with van der Waals surface area (Å²) in [5, 5.41) is 0. The van der Waals surface area contributed by atoms with Gasteiger partial charge in [-0.3, -0.25) is 9.36 Å². The van der Waals surface area contributed by atoms with Crippen molar-refractivity contribution in [2.24, 2.45) is 5.92 Å². The first-order valence-electron chi connectivity index (χ1n) is 14.3. The van der Waals surface area contributed by atoms with Gasteiger partial charge in [0, 0.05) is 13.1 Å². The van der Waals surface area contributed by atoms with Crippen LogP contribution in [0.4, 0.5) is 5.82 Å². The minimum Gasteiger partial charge on any atom is -0.469 e. The molecule has 0 radical (unpaired) electrons. The zero-order chi connectivity index (χ0) is 28.5. The van der Waals surface area contributed by atoms with Gasteiger partial charge < -0.3 is 30.0 Å². The number of imidazole rings is 1. The fraction of sp³-hybridized carbons (Fsp3) is 0.586. The van der Waals surface area contributed by atoms with Crippen molar-refractivity contribution in [1.82, 2.24) is 29.3 Å². The standard InChI is InChI=1S/C29H43N7O4/c1-4-5-16-40-28-32-26(30)25-27(33-28)36(29(38)31-25)20-21-10-14-35(15-11-21)13-7-12-34(2)19-23-9-6-8-22(17-23)18-24(37)39-3/h6,8-9,17,21H,4-5,7,10-16,18-20H2,1-3H3,(H,31,38)(H2,30,32,33). The number of methoxy groups -OCH3 is 1. The highest BCUT2D eigenvalue weighted by molar-refractivity contribution is 5.81. The van der Waals surface area contributed by atoms with Gasteiger partial charge in [0.1, 0.15) is 5.52 Å². The SMILES string of the molecule is CCCCOc1nc(N)c2[nH]c(=O)n(CC3CCN(CCCN(C)Cc4cccc(CC(=O)OC)c4)CC3)c2n1. The zero-order valence-corrected chi connectivity index (χ0v) is 24.0. The van der Waals surface area contributed by atoms with E-state index in [2.05, 4.69) is 50.9 Å². The van der Waals surface area contributed by atoms with Crippen LogP contribution in [0, 0.1) is 5.92 Å². The lowest BCUT2D eigenvalue weighted by Gasteiger charge is -2.32. The van der Waals surface area contributed by atoms with E-state index in [1.54, 1.807) is 4.57 Å². The third-order valence-electron chi connectivity index (χ3n) is 7.54. The van der Waals surface area contributed by atoms with E-state index < -0.39 is 0 Å². The third-order valence-corrected chi connectivity index (χ3v) is 7.54. The van der Waals surface area contributed by atoms with Gasteiger partial charge in [-0.1, -0.05) is 37.6 Å². The summed E-state index contributed by atoms with van der Waals surface area (Å²) >= 11 is 0. The molecule has 218 valence electrons. The summed E-state index contributed by atoms with van der Waals surface area (Å²) in [4.78, 5) is 40.7. The number of aromatic nitrogens is 4. The summed E-state index contributed by atoms with van der Waals surface area (Å²) < 4.78 is 12.1. The van der Waals surface area contributed by atoms with Crippen molar-refractivity contribution in [1.29, 1.82) is 0 Å². The maximum atomic E-state index is 12.7. The van der Waals surface area contributed by atoms with Crippen molar-refractivity contribution < 1.29 is 14.3 Å². The van der Waals surface area contributed by atoms with Crippen molar-refractivity contribution in [2.45, 2.75) is 58.5 Å². The Morgan fingerprint density at radius 3 is 2.73 bits per heavy atom. The molecule has 1 aliphatic heterocycles. The van der Waals surface area contributed by atoms with Crippen LogP contribution in [0.2, 0.25) is 0 Å². The Morgan fingerprint density at radius 2 is 1.98 bits per heavy atom. The molecule has 1 aromatic carbocycles. The zero-order valence-electron chi connectivity index (χ0n) is 24.0. The van der Waals surface area contributed by atoms with Gasteiger partial charge >= 0.3 is 17.7 Å². The van der Waals surface area contributed by atoms with Crippen LogP contribution in [-0.2, 0) is 29.0 Å². The number of ether oxygens (including phenoxy) is 2. The first-order valence-corrected chi connectivity index (χ1v) is 14.3. The van der Waals surface area contributed by atoms with Gasteiger partial charge in [0.2, 0.25) is 0 Å². The number of fused-ring (bicyclic) bond motifs is 1. The van der Waals surface area contributed by atoms with Gasteiger partial charge in [0.05, 0.1) is 20.1 Å². The van der Waals surface area contributed by atoms with Crippen LogP contribution in [0.25, 0.3) is 11.2 Å². The molecule has 2 aromatic heterocycles. The molecule has 0 atom stereocenters. The molecule has 0 saturated carbocycles. The molecule has 11 heteroatoms. The summed E-state index contributed by atoms with van der Waals surface area (Å²) in [5.41, 5.74) is 9.06. The number of unbranched alkanes of at least 4 members (excludes halogenated alkanes) is 1. The number of rotatable bonds is 14. The highest BCUT2D eigenvalue weighted by Crippen LogP contribution is 2.23. The number of benzene rings is 1. The molecule has 3 N–H and O–H groups in total. The Balaban J connectivity index is 1.22. The quantitative estimate of drug-likeness (QED) is 0.228. The van der Waals surface area contributed by atoms with Crippen LogP contribution in [0.1, 0.15) is 50.2 Å². The number of likely N-dealkylation sites (tertiary alicyclic amines) is 1. The molecule has 0 unspecified atom stereocenters. The van der Waals surface area contributed by atoms with E-state index in [9.17, 15) is 9.59 Å². The van der Waals surface area contributed by atoms with Gasteiger partial charge in [-0.25, -0.2) is 4.79 Å². The average Bonchev–Trinajstić information content (AvgIpc) is 3.25. The fourth-order valence-electron chi connectivity index (χ4n) is 5.26. The van der Waals surface area contributed by atoms with Gasteiger partial charge in [0.15, 0.2) is 11.5 Å². The molecular formula is C29H43N7O4. The van der Waals surface area contributed by atoms with Crippen LogP contribution < -0.4 is 16.2 Å². The number of anilines is 1. The lowest BCUT2D eigenvalue weighted by atomic mass is 9.96. The molecular weight excluding hydrogens is 510 g/mol. The molecule has 0 bridgehead atoms. The minimum absolute atomic E-state index is 0.206. The summed E-state index contributed by atoms with van der Waals surface area (Å²) in [5.74, 6) is 0.414. The lowest BCUT2D eigenvalue weighted by Crippen LogP contribution is -2.37. The fourth-order valence-corrected chi connectivity index (χ4v) is 5.26.